The van der Waals surface area contributed by atoms with Crippen molar-refractivity contribution in [2.75, 3.05) is 12.4 Å². The highest BCUT2D eigenvalue weighted by atomic mass is 14.8. The van der Waals surface area contributed by atoms with Crippen molar-refractivity contribution in [1.29, 1.82) is 0 Å². The maximum Gasteiger partial charge on any atom is 0.0873 e. The summed E-state index contributed by atoms with van der Waals surface area (Å²) in [5.74, 6) is 0. The fourth-order valence-electron chi connectivity index (χ4n) is 0.762. The van der Waals surface area contributed by atoms with E-state index in [2.05, 4.69) is 16.9 Å². The van der Waals surface area contributed by atoms with E-state index in [0.29, 0.717) is 5.70 Å². The number of rotatable bonds is 2. The molecule has 0 bridgehead atoms. The van der Waals surface area contributed by atoms with Crippen LogP contribution < -0.4 is 11.1 Å². The summed E-state index contributed by atoms with van der Waals surface area (Å²) in [5.41, 5.74) is 7.65. The van der Waals surface area contributed by atoms with Crippen LogP contribution >= 0.6 is 0 Å². The molecule has 1 rings (SSSR count). The molecule has 11 heavy (non-hydrogen) atoms. The average Bonchev–Trinajstić information content (AvgIpc) is 2.05. The summed E-state index contributed by atoms with van der Waals surface area (Å²) < 4.78 is 0. The fraction of sp³-hybridized carbons (Fsp3) is 0.125. The van der Waals surface area contributed by atoms with Gasteiger partial charge >= 0.3 is 0 Å². The SMILES string of the molecule is C=C(N)c1cc(NC)ccn1. The van der Waals surface area contributed by atoms with Crippen molar-refractivity contribution in [3.05, 3.63) is 30.6 Å². The standard InChI is InChI=1S/C8H11N3/c1-6(9)8-5-7(10-2)3-4-11-8/h3-5H,1,9H2,2H3,(H,10,11). The van der Waals surface area contributed by atoms with Gasteiger partial charge < -0.3 is 11.1 Å². The lowest BCUT2D eigenvalue weighted by Crippen LogP contribution is -1.98. The minimum absolute atomic E-state index is 0.488. The Labute approximate surface area is 65.9 Å². The van der Waals surface area contributed by atoms with Crippen molar-refractivity contribution in [1.82, 2.24) is 4.98 Å². The number of aromatic nitrogens is 1. The van der Waals surface area contributed by atoms with Crippen molar-refractivity contribution in [2.24, 2.45) is 5.73 Å². The monoisotopic (exact) mass is 149 g/mol. The normalized spacial score (nSPS) is 9.18. The maximum absolute atomic E-state index is 5.45. The number of nitrogens with two attached hydrogens (primary N) is 1. The van der Waals surface area contributed by atoms with Gasteiger partial charge in [0, 0.05) is 18.9 Å². The van der Waals surface area contributed by atoms with Crippen LogP contribution in [0.25, 0.3) is 5.70 Å². The predicted octanol–water partition coefficient (Wildman–Crippen LogP) is 1.05. The Hall–Kier alpha value is -1.51. The summed E-state index contributed by atoms with van der Waals surface area (Å²) in [4.78, 5) is 4.02. The summed E-state index contributed by atoms with van der Waals surface area (Å²) in [6, 6.07) is 3.72. The molecule has 1 aromatic heterocycles. The smallest absolute Gasteiger partial charge is 0.0873 e. The van der Waals surface area contributed by atoms with Gasteiger partial charge in [0.15, 0.2) is 0 Å². The lowest BCUT2D eigenvalue weighted by molar-refractivity contribution is 1.25. The fourth-order valence-corrected chi connectivity index (χ4v) is 0.762. The van der Waals surface area contributed by atoms with Gasteiger partial charge in [0.1, 0.15) is 0 Å². The summed E-state index contributed by atoms with van der Waals surface area (Å²) >= 11 is 0. The van der Waals surface area contributed by atoms with Crippen LogP contribution in [-0.4, -0.2) is 12.0 Å². The molecule has 1 heterocycles. The molecule has 0 saturated carbocycles. The second-order valence-corrected chi connectivity index (χ2v) is 2.20. The number of nitrogens with one attached hydrogen (secondary N) is 1. The third kappa shape index (κ3) is 1.70. The Morgan fingerprint density at radius 2 is 2.45 bits per heavy atom. The van der Waals surface area contributed by atoms with Crippen LogP contribution in [0, 0.1) is 0 Å². The molecule has 0 atom stereocenters. The zero-order valence-electron chi connectivity index (χ0n) is 6.46. The van der Waals surface area contributed by atoms with Crippen LogP contribution in [0.3, 0.4) is 0 Å². The highest BCUT2D eigenvalue weighted by Crippen LogP contribution is 2.09. The zero-order chi connectivity index (χ0) is 8.27. The van der Waals surface area contributed by atoms with Gasteiger partial charge in [-0.05, 0) is 12.1 Å². The largest absolute Gasteiger partial charge is 0.397 e. The first-order valence-electron chi connectivity index (χ1n) is 3.32. The molecule has 0 aliphatic rings. The van der Waals surface area contributed by atoms with Crippen LogP contribution in [0.2, 0.25) is 0 Å². The lowest BCUT2D eigenvalue weighted by atomic mass is 10.3. The van der Waals surface area contributed by atoms with E-state index in [4.69, 9.17) is 5.73 Å². The van der Waals surface area contributed by atoms with Crippen LogP contribution in [0.15, 0.2) is 24.9 Å². The summed E-state index contributed by atoms with van der Waals surface area (Å²) in [6.45, 7) is 3.59. The molecule has 0 aliphatic carbocycles. The van der Waals surface area contributed by atoms with Crippen molar-refractivity contribution in [3.8, 4) is 0 Å². The van der Waals surface area contributed by atoms with E-state index in [1.165, 1.54) is 0 Å². The molecule has 0 radical (unpaired) electrons. The van der Waals surface area contributed by atoms with Gasteiger partial charge in [-0.3, -0.25) is 4.98 Å². The molecular weight excluding hydrogens is 138 g/mol. The molecular formula is C8H11N3. The average molecular weight is 149 g/mol. The maximum atomic E-state index is 5.45. The number of hydrogen-bond acceptors (Lipinski definition) is 3. The van der Waals surface area contributed by atoms with Crippen LogP contribution in [0.1, 0.15) is 5.69 Å². The molecule has 0 fully saturated rings. The van der Waals surface area contributed by atoms with Gasteiger partial charge in [-0.1, -0.05) is 6.58 Å². The van der Waals surface area contributed by atoms with Crippen molar-refractivity contribution in [3.63, 3.8) is 0 Å². The summed E-state index contributed by atoms with van der Waals surface area (Å²) in [5, 5.41) is 2.99. The first-order chi connectivity index (χ1) is 5.24. The zero-order valence-corrected chi connectivity index (χ0v) is 6.46. The van der Waals surface area contributed by atoms with E-state index in [9.17, 15) is 0 Å². The minimum Gasteiger partial charge on any atom is -0.397 e. The van der Waals surface area contributed by atoms with Gasteiger partial charge in [-0.2, -0.15) is 0 Å². The first kappa shape index (κ1) is 7.60. The van der Waals surface area contributed by atoms with E-state index < -0.39 is 0 Å². The molecule has 0 aliphatic heterocycles. The topological polar surface area (TPSA) is 50.9 Å². The van der Waals surface area contributed by atoms with E-state index in [1.807, 2.05) is 19.2 Å². The van der Waals surface area contributed by atoms with Gasteiger partial charge in [-0.15, -0.1) is 0 Å². The lowest BCUT2D eigenvalue weighted by Gasteiger charge is -2.01. The second kappa shape index (κ2) is 3.05. The van der Waals surface area contributed by atoms with Crippen molar-refractivity contribution < 1.29 is 0 Å². The number of pyridine rings is 1. The summed E-state index contributed by atoms with van der Waals surface area (Å²) in [7, 11) is 1.85. The molecule has 0 spiro atoms. The summed E-state index contributed by atoms with van der Waals surface area (Å²) in [6.07, 6.45) is 1.69. The van der Waals surface area contributed by atoms with E-state index >= 15 is 0 Å². The van der Waals surface area contributed by atoms with Crippen LogP contribution in [-0.2, 0) is 0 Å². The Balaban J connectivity index is 3.01. The molecule has 58 valence electrons. The van der Waals surface area contributed by atoms with Gasteiger partial charge in [0.25, 0.3) is 0 Å². The molecule has 0 saturated heterocycles. The molecule has 3 nitrogen and oxygen atoms in total. The van der Waals surface area contributed by atoms with Gasteiger partial charge in [-0.25, -0.2) is 0 Å². The van der Waals surface area contributed by atoms with Crippen molar-refractivity contribution in [2.45, 2.75) is 0 Å². The second-order valence-electron chi connectivity index (χ2n) is 2.20. The Morgan fingerprint density at radius 1 is 1.73 bits per heavy atom. The third-order valence-corrected chi connectivity index (χ3v) is 1.38. The Bertz CT molecular complexity index is 268. The van der Waals surface area contributed by atoms with E-state index in [1.54, 1.807) is 6.20 Å². The quantitative estimate of drug-likeness (QED) is 0.660. The van der Waals surface area contributed by atoms with Crippen LogP contribution in [0.5, 0.6) is 0 Å². The molecule has 3 N–H and O–H groups in total. The molecule has 0 unspecified atom stereocenters. The Morgan fingerprint density at radius 3 is 3.00 bits per heavy atom. The van der Waals surface area contributed by atoms with Crippen molar-refractivity contribution >= 4 is 11.4 Å². The predicted molar refractivity (Wildman–Crippen MR) is 47.0 cm³/mol. The molecule has 1 aromatic rings. The van der Waals surface area contributed by atoms with Gasteiger partial charge in [0.2, 0.25) is 0 Å². The highest BCUT2D eigenvalue weighted by molar-refractivity contribution is 5.60. The van der Waals surface area contributed by atoms with E-state index in [0.717, 1.165) is 11.4 Å². The molecule has 0 amide bonds. The third-order valence-electron chi connectivity index (χ3n) is 1.38. The first-order valence-corrected chi connectivity index (χ1v) is 3.32. The van der Waals surface area contributed by atoms with E-state index in [-0.39, 0.29) is 0 Å². The molecule has 0 aromatic carbocycles. The minimum atomic E-state index is 0.488. The number of nitrogens with zero attached hydrogens (tertiary/aromatic N) is 1. The number of anilines is 1. The molecule has 3 heteroatoms. The van der Waals surface area contributed by atoms with Gasteiger partial charge in [0.05, 0.1) is 11.4 Å². The number of hydrogen-bond donors (Lipinski definition) is 2. The highest BCUT2D eigenvalue weighted by Gasteiger charge is 1.95. The van der Waals surface area contributed by atoms with Crippen LogP contribution in [0.4, 0.5) is 5.69 Å². The Kier molecular flexibility index (Phi) is 2.11.